The first-order valence-corrected chi connectivity index (χ1v) is 6.95. The number of hydrogen-bond donors (Lipinski definition) is 1. The van der Waals surface area contributed by atoms with Gasteiger partial charge in [0.1, 0.15) is 17.5 Å². The number of ether oxygens (including phenoxy) is 1. The minimum atomic E-state index is 0.0257. The van der Waals surface area contributed by atoms with Crippen LogP contribution in [0.3, 0.4) is 0 Å². The lowest BCUT2D eigenvalue weighted by Gasteiger charge is -2.12. The van der Waals surface area contributed by atoms with Gasteiger partial charge in [-0.15, -0.1) is 0 Å². The van der Waals surface area contributed by atoms with Crippen molar-refractivity contribution in [1.82, 2.24) is 9.78 Å². The van der Waals surface area contributed by atoms with Gasteiger partial charge in [0.25, 0.3) is 0 Å². The summed E-state index contributed by atoms with van der Waals surface area (Å²) in [5.41, 5.74) is 9.85. The van der Waals surface area contributed by atoms with Gasteiger partial charge in [-0.25, -0.2) is 0 Å². The summed E-state index contributed by atoms with van der Waals surface area (Å²) in [5, 5.41) is 4.89. The summed E-state index contributed by atoms with van der Waals surface area (Å²) in [6, 6.07) is 6.02. The van der Waals surface area contributed by atoms with Crippen LogP contribution in [0.15, 0.2) is 18.2 Å². The molecule has 0 spiro atoms. The Morgan fingerprint density at radius 1 is 1.40 bits per heavy atom. The van der Waals surface area contributed by atoms with Crippen LogP contribution in [0.1, 0.15) is 35.3 Å². The van der Waals surface area contributed by atoms with Gasteiger partial charge in [-0.2, -0.15) is 5.10 Å². The Kier molecular flexibility index (Phi) is 4.35. The highest BCUT2D eigenvalue weighted by Crippen LogP contribution is 2.25. The average molecular weight is 294 g/mol. The molecule has 2 aromatic rings. The Balaban J connectivity index is 2.15. The molecule has 0 aliphatic heterocycles. The molecule has 0 aliphatic rings. The lowest BCUT2D eigenvalue weighted by Crippen LogP contribution is -2.05. The molecule has 2 N–H and O–H groups in total. The zero-order valence-electron chi connectivity index (χ0n) is 12.3. The highest BCUT2D eigenvalue weighted by atomic mass is 35.5. The van der Waals surface area contributed by atoms with Gasteiger partial charge >= 0.3 is 0 Å². The fraction of sp³-hybridized carbons (Fsp3) is 0.400. The van der Waals surface area contributed by atoms with Gasteiger partial charge in [0.15, 0.2) is 0 Å². The fourth-order valence-corrected chi connectivity index (χ4v) is 2.33. The van der Waals surface area contributed by atoms with Gasteiger partial charge in [-0.05, 0) is 38.0 Å². The van der Waals surface area contributed by atoms with Crippen molar-refractivity contribution < 1.29 is 4.74 Å². The topological polar surface area (TPSA) is 53.1 Å². The van der Waals surface area contributed by atoms with E-state index in [1.54, 1.807) is 4.68 Å². The lowest BCUT2D eigenvalue weighted by molar-refractivity contribution is 0.303. The van der Waals surface area contributed by atoms with Gasteiger partial charge in [-0.1, -0.05) is 23.7 Å². The molecule has 0 saturated heterocycles. The molecule has 4 nitrogen and oxygen atoms in total. The summed E-state index contributed by atoms with van der Waals surface area (Å²) in [7, 11) is 1.82. The summed E-state index contributed by atoms with van der Waals surface area (Å²) in [6.07, 6.45) is 0. The first kappa shape index (κ1) is 14.9. The maximum atomic E-state index is 6.19. The van der Waals surface area contributed by atoms with Crippen LogP contribution in [0.5, 0.6) is 5.75 Å². The Bertz CT molecular complexity index is 620. The molecule has 0 radical (unpaired) electrons. The van der Waals surface area contributed by atoms with E-state index < -0.39 is 0 Å². The van der Waals surface area contributed by atoms with Crippen LogP contribution in [0.2, 0.25) is 5.15 Å². The predicted octanol–water partition coefficient (Wildman–Crippen LogP) is 3.29. The molecular formula is C15H20ClN3O. The minimum absolute atomic E-state index is 0.0257. The van der Waals surface area contributed by atoms with Gasteiger partial charge in [-0.3, -0.25) is 4.68 Å². The highest BCUT2D eigenvalue weighted by molar-refractivity contribution is 6.30. The molecule has 20 heavy (non-hydrogen) atoms. The second-order valence-electron chi connectivity index (χ2n) is 5.08. The van der Waals surface area contributed by atoms with Crippen LogP contribution < -0.4 is 10.5 Å². The molecule has 0 fully saturated rings. The van der Waals surface area contributed by atoms with E-state index in [1.807, 2.05) is 40.0 Å². The van der Waals surface area contributed by atoms with Crippen molar-refractivity contribution in [2.75, 3.05) is 0 Å². The quantitative estimate of drug-likeness (QED) is 0.941. The van der Waals surface area contributed by atoms with E-state index in [2.05, 4.69) is 11.2 Å². The third-order valence-corrected chi connectivity index (χ3v) is 3.84. The standard InChI is InChI=1S/C15H20ClN3O/c1-9-7-12(10(2)17)5-6-14(9)20-8-13-11(3)18-19(4)15(13)16/h5-7,10H,8,17H2,1-4H3. The molecule has 0 amide bonds. The second-order valence-corrected chi connectivity index (χ2v) is 5.44. The summed E-state index contributed by atoms with van der Waals surface area (Å²) >= 11 is 6.19. The van der Waals surface area contributed by atoms with Crippen LogP contribution in [0.4, 0.5) is 0 Å². The van der Waals surface area contributed by atoms with Gasteiger partial charge in [0.2, 0.25) is 0 Å². The number of nitrogens with two attached hydrogens (primary N) is 1. The summed E-state index contributed by atoms with van der Waals surface area (Å²) in [6.45, 7) is 6.32. The molecule has 2 rings (SSSR count). The Hall–Kier alpha value is -1.52. The van der Waals surface area contributed by atoms with Crippen molar-refractivity contribution in [1.29, 1.82) is 0 Å². The average Bonchev–Trinajstić information content (AvgIpc) is 2.62. The number of aryl methyl sites for hydroxylation is 3. The molecule has 1 aromatic carbocycles. The number of hydrogen-bond acceptors (Lipinski definition) is 3. The maximum absolute atomic E-state index is 6.19. The monoisotopic (exact) mass is 293 g/mol. The highest BCUT2D eigenvalue weighted by Gasteiger charge is 2.12. The molecule has 5 heteroatoms. The van der Waals surface area contributed by atoms with Gasteiger partial charge < -0.3 is 10.5 Å². The molecule has 108 valence electrons. The molecule has 1 heterocycles. The minimum Gasteiger partial charge on any atom is -0.488 e. The Labute approximate surface area is 124 Å². The molecule has 1 unspecified atom stereocenters. The van der Waals surface area contributed by atoms with Crippen LogP contribution in [-0.4, -0.2) is 9.78 Å². The molecule has 1 atom stereocenters. The van der Waals surface area contributed by atoms with Crippen molar-refractivity contribution in [3.05, 3.63) is 45.7 Å². The van der Waals surface area contributed by atoms with E-state index in [0.29, 0.717) is 11.8 Å². The molecule has 0 saturated carbocycles. The number of halogens is 1. The molecular weight excluding hydrogens is 274 g/mol. The summed E-state index contributed by atoms with van der Waals surface area (Å²) < 4.78 is 7.51. The number of nitrogens with zero attached hydrogens (tertiary/aromatic N) is 2. The van der Waals surface area contributed by atoms with Crippen molar-refractivity contribution >= 4 is 11.6 Å². The second kappa shape index (κ2) is 5.85. The predicted molar refractivity (Wildman–Crippen MR) is 81.1 cm³/mol. The van der Waals surface area contributed by atoms with E-state index in [4.69, 9.17) is 22.1 Å². The number of aromatic nitrogens is 2. The normalized spacial score (nSPS) is 12.5. The molecule has 1 aromatic heterocycles. The van der Waals surface area contributed by atoms with Crippen LogP contribution >= 0.6 is 11.6 Å². The van der Waals surface area contributed by atoms with Crippen molar-refractivity contribution in [2.45, 2.75) is 33.4 Å². The largest absolute Gasteiger partial charge is 0.488 e. The Morgan fingerprint density at radius 3 is 2.60 bits per heavy atom. The van der Waals surface area contributed by atoms with Gasteiger partial charge in [0.05, 0.1) is 5.69 Å². The van der Waals surface area contributed by atoms with Gasteiger partial charge in [0, 0.05) is 18.7 Å². The summed E-state index contributed by atoms with van der Waals surface area (Å²) in [4.78, 5) is 0. The maximum Gasteiger partial charge on any atom is 0.133 e. The van der Waals surface area contributed by atoms with E-state index in [9.17, 15) is 0 Å². The van der Waals surface area contributed by atoms with E-state index in [0.717, 1.165) is 28.1 Å². The smallest absolute Gasteiger partial charge is 0.133 e. The van der Waals surface area contributed by atoms with E-state index >= 15 is 0 Å². The third kappa shape index (κ3) is 2.97. The first-order chi connectivity index (χ1) is 9.40. The SMILES string of the molecule is Cc1cc(C(C)N)ccc1OCc1c(C)nn(C)c1Cl. The third-order valence-electron chi connectivity index (χ3n) is 3.37. The van der Waals surface area contributed by atoms with Crippen molar-refractivity contribution in [3.8, 4) is 5.75 Å². The first-order valence-electron chi connectivity index (χ1n) is 6.57. The molecule has 0 bridgehead atoms. The van der Waals surface area contributed by atoms with Crippen LogP contribution in [-0.2, 0) is 13.7 Å². The van der Waals surface area contributed by atoms with Crippen molar-refractivity contribution in [3.63, 3.8) is 0 Å². The number of benzene rings is 1. The lowest BCUT2D eigenvalue weighted by atomic mass is 10.1. The zero-order valence-corrected chi connectivity index (χ0v) is 13.0. The van der Waals surface area contributed by atoms with Crippen molar-refractivity contribution in [2.24, 2.45) is 12.8 Å². The Morgan fingerprint density at radius 2 is 2.10 bits per heavy atom. The van der Waals surface area contributed by atoms with E-state index in [-0.39, 0.29) is 6.04 Å². The van der Waals surface area contributed by atoms with Crippen LogP contribution in [0, 0.1) is 13.8 Å². The molecule has 0 aliphatic carbocycles. The number of rotatable bonds is 4. The van der Waals surface area contributed by atoms with E-state index in [1.165, 1.54) is 0 Å². The zero-order chi connectivity index (χ0) is 14.9. The fourth-order valence-electron chi connectivity index (χ4n) is 2.11. The van der Waals surface area contributed by atoms with Crippen LogP contribution in [0.25, 0.3) is 0 Å². The summed E-state index contributed by atoms with van der Waals surface area (Å²) in [5.74, 6) is 0.841.